The Labute approximate surface area is 186 Å². The number of aliphatic hydroxyl groups is 2. The van der Waals surface area contributed by atoms with Crippen LogP contribution < -0.4 is 0 Å². The summed E-state index contributed by atoms with van der Waals surface area (Å²) in [7, 11) is 0. The van der Waals surface area contributed by atoms with E-state index < -0.39 is 12.1 Å². The first-order valence-electron chi connectivity index (χ1n) is 10.9. The number of aliphatic hydroxyl groups excluding tert-OH is 2. The zero-order valence-corrected chi connectivity index (χ0v) is 18.8. The minimum absolute atomic E-state index is 0.125. The van der Waals surface area contributed by atoms with Gasteiger partial charge in [0.2, 0.25) is 0 Å². The molecule has 0 fully saturated rings. The first-order chi connectivity index (χ1) is 15.0. The molecule has 0 aromatic heterocycles. The number of carbonyl (C=O) groups excluding carboxylic acids is 2. The van der Waals surface area contributed by atoms with Crippen LogP contribution in [0.25, 0.3) is 0 Å². The predicted octanol–water partition coefficient (Wildman–Crippen LogP) is 4.35. The maximum atomic E-state index is 11.6. The number of hydrogen-bond donors (Lipinski definition) is 2. The number of unbranched alkanes of at least 4 members (excludes halogenated alkanes) is 1. The number of ether oxygens (including phenoxy) is 2. The summed E-state index contributed by atoms with van der Waals surface area (Å²) in [5.41, 5.74) is 0. The zero-order valence-electron chi connectivity index (χ0n) is 18.8. The van der Waals surface area contributed by atoms with Gasteiger partial charge in [-0.1, -0.05) is 67.7 Å². The van der Waals surface area contributed by atoms with Crippen LogP contribution in [0, 0.1) is 0 Å². The summed E-state index contributed by atoms with van der Waals surface area (Å²) in [6, 6.07) is 0. The maximum absolute atomic E-state index is 11.6. The van der Waals surface area contributed by atoms with Crippen LogP contribution in [-0.2, 0) is 19.1 Å². The first-order valence-corrected chi connectivity index (χ1v) is 10.9. The van der Waals surface area contributed by atoms with Gasteiger partial charge in [-0.15, -0.1) is 0 Å². The summed E-state index contributed by atoms with van der Waals surface area (Å²) in [6.07, 6.45) is 24.1. The van der Waals surface area contributed by atoms with Crippen molar-refractivity contribution in [3.8, 4) is 0 Å². The van der Waals surface area contributed by atoms with Gasteiger partial charge in [0.25, 0.3) is 0 Å². The molecule has 2 N–H and O–H groups in total. The molecule has 0 aliphatic carbocycles. The van der Waals surface area contributed by atoms with Gasteiger partial charge in [0.05, 0.1) is 12.7 Å². The van der Waals surface area contributed by atoms with E-state index in [4.69, 9.17) is 14.6 Å². The van der Waals surface area contributed by atoms with Gasteiger partial charge in [0.15, 0.2) is 6.10 Å². The number of esters is 2. The van der Waals surface area contributed by atoms with Crippen LogP contribution in [0.15, 0.2) is 60.8 Å². The smallest absolute Gasteiger partial charge is 0.305 e. The van der Waals surface area contributed by atoms with Crippen molar-refractivity contribution < 1.29 is 29.3 Å². The van der Waals surface area contributed by atoms with Crippen LogP contribution in [0.2, 0.25) is 0 Å². The van der Waals surface area contributed by atoms with Crippen LogP contribution in [-0.4, -0.2) is 47.6 Å². The molecular weight excluding hydrogens is 396 g/mol. The standard InChI is InChI=1S/C25H38O6/c1-3-23(28)18-16-14-12-10-8-6-4-5-7-9-11-13-15-17-19-25(29)30-21-24(20-26)31-22(2)27/h5-8,11-14,16,18,23-24,26,28H,3-4,9-10,15,17,19-21H2,1-2H3/b7-5-,8-6-,13-11-,14-12-,18-16+/t23-,24-/m0/s1. The van der Waals surface area contributed by atoms with Crippen molar-refractivity contribution in [3.05, 3.63) is 60.8 Å². The molecule has 0 heterocycles. The van der Waals surface area contributed by atoms with E-state index in [1.165, 1.54) is 6.92 Å². The summed E-state index contributed by atoms with van der Waals surface area (Å²) in [5.74, 6) is -0.884. The Morgan fingerprint density at radius 1 is 0.935 bits per heavy atom. The highest BCUT2D eigenvalue weighted by Crippen LogP contribution is 2.02. The third kappa shape index (κ3) is 20.6. The molecule has 0 rings (SSSR count). The van der Waals surface area contributed by atoms with E-state index in [0.29, 0.717) is 6.42 Å². The lowest BCUT2D eigenvalue weighted by molar-refractivity contribution is -0.159. The quantitative estimate of drug-likeness (QED) is 0.153. The summed E-state index contributed by atoms with van der Waals surface area (Å²) < 4.78 is 9.78. The monoisotopic (exact) mass is 434 g/mol. The van der Waals surface area contributed by atoms with Gasteiger partial charge in [-0.25, -0.2) is 0 Å². The molecule has 0 saturated carbocycles. The van der Waals surface area contributed by atoms with Crippen molar-refractivity contribution >= 4 is 11.9 Å². The minimum Gasteiger partial charge on any atom is -0.462 e. The summed E-state index contributed by atoms with van der Waals surface area (Å²) in [5, 5.41) is 18.4. The molecule has 0 bridgehead atoms. The molecule has 0 amide bonds. The Morgan fingerprint density at radius 2 is 1.55 bits per heavy atom. The Kier molecular flexibility index (Phi) is 19.2. The van der Waals surface area contributed by atoms with Gasteiger partial charge < -0.3 is 19.7 Å². The average molecular weight is 435 g/mol. The summed E-state index contributed by atoms with van der Waals surface area (Å²) >= 11 is 0. The third-order valence-corrected chi connectivity index (χ3v) is 4.03. The van der Waals surface area contributed by atoms with Crippen molar-refractivity contribution in [2.75, 3.05) is 13.2 Å². The van der Waals surface area contributed by atoms with Gasteiger partial charge >= 0.3 is 11.9 Å². The molecule has 0 spiro atoms. The van der Waals surface area contributed by atoms with Crippen molar-refractivity contribution in [2.24, 2.45) is 0 Å². The second-order valence-corrected chi connectivity index (χ2v) is 6.90. The largest absolute Gasteiger partial charge is 0.462 e. The number of hydrogen-bond acceptors (Lipinski definition) is 6. The van der Waals surface area contributed by atoms with Gasteiger partial charge in [0.1, 0.15) is 6.61 Å². The SMILES string of the molecule is CC[C@H](O)/C=C/C=C\C/C=C\C/C=C\C/C=C\CCCC(=O)OC[C@H](CO)OC(C)=O. The average Bonchev–Trinajstić information content (AvgIpc) is 2.75. The van der Waals surface area contributed by atoms with Crippen LogP contribution in [0.4, 0.5) is 0 Å². The van der Waals surface area contributed by atoms with E-state index in [1.807, 2.05) is 31.2 Å². The highest BCUT2D eigenvalue weighted by Gasteiger charge is 2.13. The lowest BCUT2D eigenvalue weighted by Gasteiger charge is -2.14. The van der Waals surface area contributed by atoms with E-state index in [9.17, 15) is 14.7 Å². The first kappa shape index (κ1) is 28.6. The van der Waals surface area contributed by atoms with E-state index in [1.54, 1.807) is 6.08 Å². The maximum Gasteiger partial charge on any atom is 0.305 e. The van der Waals surface area contributed by atoms with Gasteiger partial charge in [-0.2, -0.15) is 0 Å². The second-order valence-electron chi connectivity index (χ2n) is 6.90. The summed E-state index contributed by atoms with van der Waals surface area (Å²) in [6.45, 7) is 2.68. The molecule has 0 saturated heterocycles. The highest BCUT2D eigenvalue weighted by molar-refractivity contribution is 5.69. The second kappa shape index (κ2) is 20.8. The normalized spacial score (nSPS) is 14.3. The van der Waals surface area contributed by atoms with E-state index in [0.717, 1.165) is 32.1 Å². The van der Waals surface area contributed by atoms with Gasteiger partial charge in [0, 0.05) is 13.3 Å². The molecule has 0 aliphatic heterocycles. The van der Waals surface area contributed by atoms with Crippen molar-refractivity contribution in [3.63, 3.8) is 0 Å². The predicted molar refractivity (Wildman–Crippen MR) is 123 cm³/mol. The van der Waals surface area contributed by atoms with Crippen molar-refractivity contribution in [1.82, 2.24) is 0 Å². The van der Waals surface area contributed by atoms with Gasteiger partial charge in [-0.05, 0) is 38.5 Å². The fourth-order valence-corrected chi connectivity index (χ4v) is 2.30. The van der Waals surface area contributed by atoms with Crippen LogP contribution >= 0.6 is 0 Å². The van der Waals surface area contributed by atoms with Crippen LogP contribution in [0.5, 0.6) is 0 Å². The Bertz CT molecular complexity index is 616. The molecule has 174 valence electrons. The molecular formula is C25H38O6. The molecule has 6 heteroatoms. The lowest BCUT2D eigenvalue weighted by Crippen LogP contribution is -2.27. The summed E-state index contributed by atoms with van der Waals surface area (Å²) in [4.78, 5) is 22.4. The molecule has 6 nitrogen and oxygen atoms in total. The molecule has 0 unspecified atom stereocenters. The van der Waals surface area contributed by atoms with Crippen molar-refractivity contribution in [1.29, 1.82) is 0 Å². The fourth-order valence-electron chi connectivity index (χ4n) is 2.30. The number of rotatable bonds is 17. The molecule has 0 radical (unpaired) electrons. The molecule has 2 atom stereocenters. The Hall–Kier alpha value is -2.44. The number of carbonyl (C=O) groups is 2. The topological polar surface area (TPSA) is 93.1 Å². The third-order valence-electron chi connectivity index (χ3n) is 4.03. The fraction of sp³-hybridized carbons (Fsp3) is 0.520. The zero-order chi connectivity index (χ0) is 23.2. The van der Waals surface area contributed by atoms with Crippen LogP contribution in [0.3, 0.4) is 0 Å². The molecule has 31 heavy (non-hydrogen) atoms. The lowest BCUT2D eigenvalue weighted by atomic mass is 10.2. The molecule has 0 aromatic rings. The number of allylic oxidation sites excluding steroid dienone is 9. The Morgan fingerprint density at radius 3 is 2.13 bits per heavy atom. The Balaban J connectivity index is 3.70. The van der Waals surface area contributed by atoms with Gasteiger partial charge in [-0.3, -0.25) is 9.59 Å². The van der Waals surface area contributed by atoms with E-state index in [2.05, 4.69) is 30.4 Å². The van der Waals surface area contributed by atoms with Crippen LogP contribution in [0.1, 0.15) is 58.8 Å². The molecule has 0 aromatic carbocycles. The van der Waals surface area contributed by atoms with E-state index in [-0.39, 0.29) is 31.7 Å². The highest BCUT2D eigenvalue weighted by atomic mass is 16.6. The minimum atomic E-state index is -0.804. The van der Waals surface area contributed by atoms with Crippen molar-refractivity contribution in [2.45, 2.75) is 71.0 Å². The van der Waals surface area contributed by atoms with E-state index >= 15 is 0 Å². The molecule has 0 aliphatic rings.